The first kappa shape index (κ1) is 12.2. The molecule has 0 aromatic heterocycles. The van der Waals surface area contributed by atoms with Crippen LogP contribution in [0.2, 0.25) is 0 Å². The minimum atomic E-state index is -2.25. The molecule has 1 unspecified atom stereocenters. The van der Waals surface area contributed by atoms with Crippen molar-refractivity contribution in [2.75, 3.05) is 6.67 Å². The van der Waals surface area contributed by atoms with Crippen LogP contribution in [0, 0.1) is 0 Å². The predicted molar refractivity (Wildman–Crippen MR) is 60.3 cm³/mol. The lowest BCUT2D eigenvalue weighted by Gasteiger charge is -2.16. The van der Waals surface area contributed by atoms with Gasteiger partial charge in [0, 0.05) is 11.8 Å². The molecule has 0 radical (unpaired) electrons. The van der Waals surface area contributed by atoms with Gasteiger partial charge in [-0.2, -0.15) is 0 Å². The molecule has 92 valence electrons. The van der Waals surface area contributed by atoms with Crippen molar-refractivity contribution in [2.24, 2.45) is 4.99 Å². The van der Waals surface area contributed by atoms with Crippen LogP contribution >= 0.6 is 0 Å². The Morgan fingerprint density at radius 1 is 1.47 bits per heavy atom. The summed E-state index contributed by atoms with van der Waals surface area (Å²) in [5.74, 6) is 0.453. The van der Waals surface area contributed by atoms with Crippen molar-refractivity contribution in [1.82, 2.24) is 0 Å². The van der Waals surface area contributed by atoms with Crippen molar-refractivity contribution < 1.29 is 17.9 Å². The average molecular weight is 256 g/mol. The van der Waals surface area contributed by atoms with Crippen molar-refractivity contribution in [3.63, 3.8) is 0 Å². The Morgan fingerprint density at radius 3 is 2.65 bits per heavy atom. The lowest BCUT2D eigenvalue weighted by atomic mass is 10.0. The zero-order chi connectivity index (χ0) is 12.4. The molecule has 0 bridgehead atoms. The maximum Gasteiger partial charge on any atom is 0.181 e. The number of halogens is 1. The third kappa shape index (κ3) is 2.53. The van der Waals surface area contributed by atoms with Crippen LogP contribution in [0.5, 0.6) is 0 Å². The molecule has 2 rings (SSSR count). The third-order valence-corrected chi connectivity index (χ3v) is 3.21. The van der Waals surface area contributed by atoms with E-state index in [-0.39, 0.29) is 4.90 Å². The summed E-state index contributed by atoms with van der Waals surface area (Å²) in [6.07, 6.45) is -0.464. The molecule has 1 aromatic rings. The summed E-state index contributed by atoms with van der Waals surface area (Å²) in [4.78, 5) is 4.22. The number of aliphatic imine (C=N–C) groups is 1. The first-order valence-electron chi connectivity index (χ1n) is 5.08. The van der Waals surface area contributed by atoms with Crippen molar-refractivity contribution in [3.05, 3.63) is 29.8 Å². The molecule has 1 aromatic carbocycles. The molecule has 0 saturated carbocycles. The molecule has 1 heterocycles. The highest BCUT2D eigenvalue weighted by atomic mass is 32.2. The maximum absolute atomic E-state index is 12.7. The van der Waals surface area contributed by atoms with Crippen LogP contribution in [0.15, 0.2) is 34.2 Å². The number of benzene rings is 1. The zero-order valence-electron chi connectivity index (χ0n) is 9.13. The van der Waals surface area contributed by atoms with Crippen LogP contribution in [0.25, 0.3) is 0 Å². The normalized spacial score (nSPS) is 25.2. The number of nitrogens with zero attached hydrogens (tertiary/aromatic N) is 1. The summed E-state index contributed by atoms with van der Waals surface area (Å²) < 4.78 is 39.5. The van der Waals surface area contributed by atoms with Gasteiger partial charge in [0.15, 0.2) is 12.0 Å². The molecule has 0 N–H and O–H groups in total. The van der Waals surface area contributed by atoms with E-state index in [0.717, 1.165) is 5.56 Å². The molecule has 4 nitrogen and oxygen atoms in total. The fourth-order valence-corrected chi connectivity index (χ4v) is 2.13. The second kappa shape index (κ2) is 4.93. The smallest absolute Gasteiger partial charge is 0.181 e. The third-order valence-electron chi connectivity index (χ3n) is 2.55. The largest absolute Gasteiger partial charge is 0.768 e. The van der Waals surface area contributed by atoms with Crippen LogP contribution in [-0.4, -0.2) is 27.4 Å². The molecule has 3 atom stereocenters. The van der Waals surface area contributed by atoms with E-state index in [1.165, 1.54) is 12.1 Å². The number of rotatable bonds is 3. The van der Waals surface area contributed by atoms with E-state index in [2.05, 4.69) is 4.99 Å². The lowest BCUT2D eigenvalue weighted by molar-refractivity contribution is 0.179. The standard InChI is InChI=1S/C11H12FNO3S/c1-7-13-10(6-12)11(16-7)8-2-4-9(5-3-8)17(14)15/h2-5,10-11H,6H2,1H3,(H,14,15)/p-1/t10-,11-/m1/s1. The number of alkyl halides is 1. The van der Waals surface area contributed by atoms with Gasteiger partial charge < -0.3 is 9.29 Å². The highest BCUT2D eigenvalue weighted by molar-refractivity contribution is 7.79. The molecule has 0 saturated heterocycles. The molecule has 0 aliphatic carbocycles. The summed E-state index contributed by atoms with van der Waals surface area (Å²) >= 11 is -2.25. The Bertz CT molecular complexity index is 460. The second-order valence-electron chi connectivity index (χ2n) is 3.71. The van der Waals surface area contributed by atoms with Gasteiger partial charge in [-0.15, -0.1) is 0 Å². The van der Waals surface area contributed by atoms with Crippen molar-refractivity contribution in [2.45, 2.75) is 24.0 Å². The van der Waals surface area contributed by atoms with Gasteiger partial charge in [-0.05, 0) is 28.8 Å². The Morgan fingerprint density at radius 2 is 2.12 bits per heavy atom. The molecular weight excluding hydrogens is 245 g/mol. The molecular formula is C11H11FNO3S-. The van der Waals surface area contributed by atoms with Crippen molar-refractivity contribution in [3.8, 4) is 0 Å². The molecule has 17 heavy (non-hydrogen) atoms. The minimum Gasteiger partial charge on any atom is -0.768 e. The minimum absolute atomic E-state index is 0.196. The predicted octanol–water partition coefficient (Wildman–Crippen LogP) is 1.75. The first-order valence-corrected chi connectivity index (χ1v) is 6.15. The SMILES string of the molecule is CC1=N[C@H](CF)[C@@H](c2ccc(S(=O)[O-])cc2)O1. The monoisotopic (exact) mass is 256 g/mol. The van der Waals surface area contributed by atoms with Crippen LogP contribution in [0.1, 0.15) is 18.6 Å². The Hall–Kier alpha value is -1.27. The van der Waals surface area contributed by atoms with Crippen LogP contribution < -0.4 is 0 Å². The number of hydrogen-bond acceptors (Lipinski definition) is 4. The summed E-state index contributed by atoms with van der Waals surface area (Å²) in [5.41, 5.74) is 0.724. The summed E-state index contributed by atoms with van der Waals surface area (Å²) in [5, 5.41) is 0. The van der Waals surface area contributed by atoms with Gasteiger partial charge in [-0.3, -0.25) is 4.21 Å². The van der Waals surface area contributed by atoms with Gasteiger partial charge in [0.1, 0.15) is 12.7 Å². The molecule has 1 aliphatic heterocycles. The first-order chi connectivity index (χ1) is 8.11. The van der Waals surface area contributed by atoms with E-state index in [1.54, 1.807) is 19.1 Å². The Labute approximate surface area is 101 Å². The van der Waals surface area contributed by atoms with E-state index < -0.39 is 29.9 Å². The molecule has 0 fully saturated rings. The summed E-state index contributed by atoms with van der Waals surface area (Å²) in [7, 11) is 0. The van der Waals surface area contributed by atoms with E-state index in [0.29, 0.717) is 5.90 Å². The van der Waals surface area contributed by atoms with E-state index in [4.69, 9.17) is 4.74 Å². The highest BCUT2D eigenvalue weighted by Gasteiger charge is 2.30. The molecule has 0 spiro atoms. The van der Waals surface area contributed by atoms with Gasteiger partial charge >= 0.3 is 0 Å². The lowest BCUT2D eigenvalue weighted by Crippen LogP contribution is -2.15. The molecule has 6 heteroatoms. The van der Waals surface area contributed by atoms with Gasteiger partial charge in [0.05, 0.1) is 0 Å². The van der Waals surface area contributed by atoms with Crippen LogP contribution in [0.4, 0.5) is 4.39 Å². The van der Waals surface area contributed by atoms with Gasteiger partial charge in [0.25, 0.3) is 0 Å². The topological polar surface area (TPSA) is 61.7 Å². The second-order valence-corrected chi connectivity index (χ2v) is 4.65. The average Bonchev–Trinajstić information content (AvgIpc) is 2.70. The molecule has 0 amide bonds. The van der Waals surface area contributed by atoms with Crippen molar-refractivity contribution in [1.29, 1.82) is 0 Å². The fraction of sp³-hybridized carbons (Fsp3) is 0.364. The zero-order valence-corrected chi connectivity index (χ0v) is 9.95. The van der Waals surface area contributed by atoms with Crippen molar-refractivity contribution >= 4 is 17.0 Å². The van der Waals surface area contributed by atoms with Crippen LogP contribution in [0.3, 0.4) is 0 Å². The maximum atomic E-state index is 12.7. The number of hydrogen-bond donors (Lipinski definition) is 0. The van der Waals surface area contributed by atoms with E-state index in [9.17, 15) is 13.2 Å². The number of ether oxygens (including phenoxy) is 1. The van der Waals surface area contributed by atoms with Gasteiger partial charge in [-0.25, -0.2) is 9.38 Å². The summed E-state index contributed by atoms with van der Waals surface area (Å²) in [6, 6.07) is 5.62. The van der Waals surface area contributed by atoms with E-state index >= 15 is 0 Å². The van der Waals surface area contributed by atoms with Crippen LogP contribution in [-0.2, 0) is 15.8 Å². The molecule has 1 aliphatic rings. The van der Waals surface area contributed by atoms with Gasteiger partial charge in [-0.1, -0.05) is 12.1 Å². The highest BCUT2D eigenvalue weighted by Crippen LogP contribution is 2.29. The Balaban J connectivity index is 2.21. The fourth-order valence-electron chi connectivity index (χ4n) is 1.77. The van der Waals surface area contributed by atoms with E-state index in [1.807, 2.05) is 0 Å². The summed E-state index contributed by atoms with van der Waals surface area (Å²) in [6.45, 7) is 1.07. The Kier molecular flexibility index (Phi) is 3.54. The van der Waals surface area contributed by atoms with Gasteiger partial charge in [0.2, 0.25) is 0 Å². The quantitative estimate of drug-likeness (QED) is 0.774.